The minimum atomic E-state index is -0.899. The summed E-state index contributed by atoms with van der Waals surface area (Å²) in [6, 6.07) is 6.12. The van der Waals surface area contributed by atoms with Crippen LogP contribution in [-0.4, -0.2) is 18.2 Å². The molecule has 0 radical (unpaired) electrons. The molecule has 3 heteroatoms. The quantitative estimate of drug-likeness (QED) is 0.603. The number of carboxylic acid groups (broad SMARTS) is 1. The van der Waals surface area contributed by atoms with Crippen LogP contribution in [0.25, 0.3) is 5.57 Å². The van der Waals surface area contributed by atoms with Crippen molar-refractivity contribution in [3.63, 3.8) is 0 Å². The third-order valence-corrected chi connectivity index (χ3v) is 3.86. The van der Waals surface area contributed by atoms with E-state index < -0.39 is 5.97 Å². The van der Waals surface area contributed by atoms with Gasteiger partial charge in [0.15, 0.2) is 0 Å². The number of ether oxygens (including phenoxy) is 1. The van der Waals surface area contributed by atoms with Crippen molar-refractivity contribution in [3.05, 3.63) is 47.1 Å². The number of methoxy groups -OCH3 is 1. The summed E-state index contributed by atoms with van der Waals surface area (Å²) < 4.78 is 5.28. The largest absolute Gasteiger partial charge is 0.497 e. The Morgan fingerprint density at radius 3 is 2.86 bits per heavy atom. The van der Waals surface area contributed by atoms with Gasteiger partial charge in [-0.3, -0.25) is 0 Å². The van der Waals surface area contributed by atoms with Crippen LogP contribution in [0.5, 0.6) is 5.75 Å². The molecule has 1 aromatic rings. The molecule has 1 N–H and O–H groups in total. The smallest absolute Gasteiger partial charge is 0.328 e. The van der Waals surface area contributed by atoms with Gasteiger partial charge in [-0.05, 0) is 53.7 Å². The molecule has 3 nitrogen and oxygen atoms in total. The molecule has 0 aromatic heterocycles. The molecule has 0 atom stereocenters. The first kappa shape index (κ1) is 15.4. The predicted molar refractivity (Wildman–Crippen MR) is 84.5 cm³/mol. The third kappa shape index (κ3) is 3.75. The molecule has 0 bridgehead atoms. The summed E-state index contributed by atoms with van der Waals surface area (Å²) in [5.41, 5.74) is 4.89. The summed E-state index contributed by atoms with van der Waals surface area (Å²) in [7, 11) is 1.66. The summed E-state index contributed by atoms with van der Waals surface area (Å²) in [6.07, 6.45) is 8.30. The molecule has 1 aliphatic carbocycles. The molecular weight excluding hydrogens is 264 g/mol. The highest BCUT2D eigenvalue weighted by atomic mass is 16.5. The van der Waals surface area contributed by atoms with Crippen molar-refractivity contribution in [1.29, 1.82) is 0 Å². The highest BCUT2D eigenvalue weighted by Crippen LogP contribution is 2.38. The lowest BCUT2D eigenvalue weighted by molar-refractivity contribution is -0.131. The van der Waals surface area contributed by atoms with Crippen molar-refractivity contribution in [2.45, 2.75) is 39.0 Å². The second-order valence-electron chi connectivity index (χ2n) is 5.33. The number of aliphatic carboxylic acids is 1. The Hall–Kier alpha value is -2.03. The van der Waals surface area contributed by atoms with Crippen molar-refractivity contribution in [2.75, 3.05) is 7.11 Å². The normalized spacial score (nSPS) is 13.8. The molecule has 0 spiro atoms. The SMILES string of the molecule is CCCCCC1=C(C=CC(=O)O)Cc2cc(OC)ccc21. The average molecular weight is 286 g/mol. The van der Waals surface area contributed by atoms with E-state index >= 15 is 0 Å². The fourth-order valence-corrected chi connectivity index (χ4v) is 2.80. The van der Waals surface area contributed by atoms with E-state index in [9.17, 15) is 4.79 Å². The minimum Gasteiger partial charge on any atom is -0.497 e. The Labute approximate surface area is 125 Å². The lowest BCUT2D eigenvalue weighted by Gasteiger charge is -2.08. The van der Waals surface area contributed by atoms with Gasteiger partial charge in [0.05, 0.1) is 7.11 Å². The van der Waals surface area contributed by atoms with Crippen LogP contribution in [0.1, 0.15) is 43.7 Å². The maximum atomic E-state index is 10.8. The molecule has 2 rings (SSSR count). The van der Waals surface area contributed by atoms with Crippen molar-refractivity contribution in [3.8, 4) is 5.75 Å². The molecule has 1 aliphatic rings. The summed E-state index contributed by atoms with van der Waals surface area (Å²) in [6.45, 7) is 2.19. The van der Waals surface area contributed by atoms with Crippen LogP contribution in [0.4, 0.5) is 0 Å². The highest BCUT2D eigenvalue weighted by Gasteiger charge is 2.20. The first-order valence-electron chi connectivity index (χ1n) is 7.46. The number of rotatable bonds is 7. The molecule has 0 saturated heterocycles. The molecule has 0 amide bonds. The first-order chi connectivity index (χ1) is 10.2. The lowest BCUT2D eigenvalue weighted by atomic mass is 9.99. The number of benzene rings is 1. The van der Waals surface area contributed by atoms with Crippen LogP contribution in [0.2, 0.25) is 0 Å². The van der Waals surface area contributed by atoms with Gasteiger partial charge in [0.2, 0.25) is 0 Å². The van der Waals surface area contributed by atoms with Gasteiger partial charge in [-0.25, -0.2) is 4.79 Å². The molecule has 21 heavy (non-hydrogen) atoms. The third-order valence-electron chi connectivity index (χ3n) is 3.86. The Balaban J connectivity index is 2.29. The fraction of sp³-hybridized carbons (Fsp3) is 0.389. The van der Waals surface area contributed by atoms with E-state index in [1.807, 2.05) is 6.07 Å². The van der Waals surface area contributed by atoms with E-state index in [0.29, 0.717) is 0 Å². The summed E-state index contributed by atoms with van der Waals surface area (Å²) in [5, 5.41) is 8.84. The maximum Gasteiger partial charge on any atom is 0.328 e. The predicted octanol–water partition coefficient (Wildman–Crippen LogP) is 4.23. The van der Waals surface area contributed by atoms with Gasteiger partial charge in [-0.1, -0.05) is 31.9 Å². The summed E-state index contributed by atoms with van der Waals surface area (Å²) in [4.78, 5) is 10.8. The zero-order valence-electron chi connectivity index (χ0n) is 12.7. The number of hydrogen-bond donors (Lipinski definition) is 1. The van der Waals surface area contributed by atoms with Gasteiger partial charge in [0.25, 0.3) is 0 Å². The monoisotopic (exact) mass is 286 g/mol. The zero-order valence-corrected chi connectivity index (χ0v) is 12.7. The van der Waals surface area contributed by atoms with Crippen LogP contribution in [-0.2, 0) is 11.2 Å². The van der Waals surface area contributed by atoms with E-state index in [2.05, 4.69) is 19.1 Å². The first-order valence-corrected chi connectivity index (χ1v) is 7.46. The molecular formula is C18H22O3. The summed E-state index contributed by atoms with van der Waals surface area (Å²) >= 11 is 0. The van der Waals surface area contributed by atoms with E-state index in [4.69, 9.17) is 9.84 Å². The van der Waals surface area contributed by atoms with Gasteiger partial charge in [0.1, 0.15) is 5.75 Å². The number of hydrogen-bond acceptors (Lipinski definition) is 2. The van der Waals surface area contributed by atoms with E-state index in [1.165, 1.54) is 35.6 Å². The van der Waals surface area contributed by atoms with Crippen LogP contribution in [0.3, 0.4) is 0 Å². The number of allylic oxidation sites excluding steroid dienone is 3. The molecule has 1 aromatic carbocycles. The molecule has 112 valence electrons. The highest BCUT2D eigenvalue weighted by molar-refractivity contribution is 5.84. The van der Waals surface area contributed by atoms with Crippen molar-refractivity contribution in [1.82, 2.24) is 0 Å². The van der Waals surface area contributed by atoms with Crippen LogP contribution >= 0.6 is 0 Å². The van der Waals surface area contributed by atoms with E-state index in [0.717, 1.165) is 30.6 Å². The average Bonchev–Trinajstić information content (AvgIpc) is 2.82. The fourth-order valence-electron chi connectivity index (χ4n) is 2.80. The Morgan fingerprint density at radius 1 is 1.38 bits per heavy atom. The Morgan fingerprint density at radius 2 is 2.19 bits per heavy atom. The Kier molecular flexibility index (Phi) is 5.20. The van der Waals surface area contributed by atoms with Gasteiger partial charge in [0, 0.05) is 6.08 Å². The van der Waals surface area contributed by atoms with E-state index in [1.54, 1.807) is 13.2 Å². The van der Waals surface area contributed by atoms with Gasteiger partial charge < -0.3 is 9.84 Å². The second-order valence-corrected chi connectivity index (χ2v) is 5.33. The van der Waals surface area contributed by atoms with Crippen molar-refractivity contribution >= 4 is 11.5 Å². The number of unbranched alkanes of at least 4 members (excludes halogenated alkanes) is 2. The molecule has 0 fully saturated rings. The van der Waals surface area contributed by atoms with Crippen LogP contribution in [0, 0.1) is 0 Å². The Bertz CT molecular complexity index is 582. The van der Waals surface area contributed by atoms with Gasteiger partial charge >= 0.3 is 5.97 Å². The number of carboxylic acids is 1. The number of carbonyl (C=O) groups is 1. The maximum absolute atomic E-state index is 10.8. The second kappa shape index (κ2) is 7.11. The van der Waals surface area contributed by atoms with Crippen molar-refractivity contribution < 1.29 is 14.6 Å². The number of fused-ring (bicyclic) bond motifs is 1. The molecule has 0 unspecified atom stereocenters. The molecule has 0 aliphatic heterocycles. The topological polar surface area (TPSA) is 46.5 Å². The molecule has 0 heterocycles. The van der Waals surface area contributed by atoms with Crippen molar-refractivity contribution in [2.24, 2.45) is 0 Å². The standard InChI is InChI=1S/C18H22O3/c1-3-4-5-6-16-13(7-10-18(19)20)11-14-12-15(21-2)8-9-17(14)16/h7-10,12H,3-6,11H2,1-2H3,(H,19,20). The minimum absolute atomic E-state index is 0.789. The van der Waals surface area contributed by atoms with Crippen LogP contribution < -0.4 is 4.74 Å². The summed E-state index contributed by atoms with van der Waals surface area (Å²) in [5.74, 6) is -0.0472. The van der Waals surface area contributed by atoms with Gasteiger partial charge in [-0.15, -0.1) is 0 Å². The zero-order chi connectivity index (χ0) is 15.2. The lowest BCUT2D eigenvalue weighted by Crippen LogP contribution is -1.89. The van der Waals surface area contributed by atoms with E-state index in [-0.39, 0.29) is 0 Å². The molecule has 0 saturated carbocycles. The van der Waals surface area contributed by atoms with Crippen LogP contribution in [0.15, 0.2) is 35.9 Å². The van der Waals surface area contributed by atoms with Gasteiger partial charge in [-0.2, -0.15) is 0 Å².